The van der Waals surface area contributed by atoms with Gasteiger partial charge in [0.25, 0.3) is 0 Å². The van der Waals surface area contributed by atoms with Crippen LogP contribution in [-0.2, 0) is 37.4 Å². The molecule has 4 N–H and O–H groups in total. The number of aliphatic hydroxyl groups is 2. The van der Waals surface area contributed by atoms with Gasteiger partial charge in [0.15, 0.2) is 5.78 Å². The number of ketones is 2. The van der Waals surface area contributed by atoms with Crippen molar-refractivity contribution in [1.29, 1.82) is 0 Å². The van der Waals surface area contributed by atoms with Gasteiger partial charge < -0.3 is 20.0 Å². The van der Waals surface area contributed by atoms with Gasteiger partial charge in [0.2, 0.25) is 21.7 Å². The summed E-state index contributed by atoms with van der Waals surface area (Å²) in [5, 5.41) is 21.7. The zero-order valence-electron chi connectivity index (χ0n) is 27.0. The van der Waals surface area contributed by atoms with Crippen LogP contribution in [0.5, 0.6) is 0 Å². The van der Waals surface area contributed by atoms with Crippen molar-refractivity contribution in [2.75, 3.05) is 39.8 Å². The fourth-order valence-corrected chi connectivity index (χ4v) is 6.64. The van der Waals surface area contributed by atoms with Gasteiger partial charge >= 0.3 is 0 Å². The van der Waals surface area contributed by atoms with Crippen molar-refractivity contribution in [3.63, 3.8) is 0 Å². The molecule has 11 heteroatoms. The highest BCUT2D eigenvalue weighted by Gasteiger charge is 2.33. The third kappa shape index (κ3) is 10.8. The number of carbonyl (C=O) groups excluding carboxylic acids is 3. The van der Waals surface area contributed by atoms with Crippen LogP contribution in [0.4, 0.5) is 0 Å². The van der Waals surface area contributed by atoms with Crippen LogP contribution >= 0.6 is 0 Å². The summed E-state index contributed by atoms with van der Waals surface area (Å²) < 4.78 is 29.7. The number of nitrogens with one attached hydrogen (secondary N) is 2. The molecule has 0 aromatic heterocycles. The van der Waals surface area contributed by atoms with Gasteiger partial charge in [0.05, 0.1) is 31.6 Å². The maximum atomic E-state index is 13.0. The summed E-state index contributed by atoms with van der Waals surface area (Å²) in [7, 11) is -1.39. The van der Waals surface area contributed by atoms with E-state index < -0.39 is 44.9 Å². The molecular weight excluding hydrogens is 594 g/mol. The van der Waals surface area contributed by atoms with Crippen molar-refractivity contribution >= 4 is 27.5 Å². The van der Waals surface area contributed by atoms with Crippen LogP contribution in [0, 0.1) is 17.3 Å². The van der Waals surface area contributed by atoms with E-state index in [4.69, 9.17) is 0 Å². The summed E-state index contributed by atoms with van der Waals surface area (Å²) in [6.45, 7) is 7.67. The van der Waals surface area contributed by atoms with Gasteiger partial charge in [-0.15, -0.1) is 0 Å². The van der Waals surface area contributed by atoms with E-state index in [0.29, 0.717) is 25.3 Å². The van der Waals surface area contributed by atoms with Gasteiger partial charge in [-0.05, 0) is 36.5 Å². The lowest BCUT2D eigenvalue weighted by Gasteiger charge is -2.40. The Balaban J connectivity index is 1.39. The van der Waals surface area contributed by atoms with Crippen LogP contribution < -0.4 is 10.0 Å². The predicted molar refractivity (Wildman–Crippen MR) is 172 cm³/mol. The zero-order chi connectivity index (χ0) is 33.3. The first-order valence-electron chi connectivity index (χ1n) is 15.8. The van der Waals surface area contributed by atoms with Crippen molar-refractivity contribution in [3.8, 4) is 0 Å². The van der Waals surface area contributed by atoms with Crippen molar-refractivity contribution in [3.05, 3.63) is 65.7 Å². The van der Waals surface area contributed by atoms with E-state index in [-0.39, 0.29) is 24.5 Å². The predicted octanol–water partition coefficient (Wildman–Crippen LogP) is 2.61. The molecule has 1 amide bonds. The summed E-state index contributed by atoms with van der Waals surface area (Å²) >= 11 is 0. The molecule has 10 nitrogen and oxygen atoms in total. The second-order valence-corrected chi connectivity index (χ2v) is 15.2. The summed E-state index contributed by atoms with van der Waals surface area (Å²) in [5.74, 6) is -2.10. The summed E-state index contributed by atoms with van der Waals surface area (Å²) in [5.41, 5.74) is 1.14. The Morgan fingerprint density at radius 1 is 1.00 bits per heavy atom. The number of quaternary nitrogens is 1. The monoisotopic (exact) mass is 644 g/mol. The Labute approximate surface area is 267 Å². The third-order valence-corrected chi connectivity index (χ3v) is 10.4. The van der Waals surface area contributed by atoms with E-state index in [0.717, 1.165) is 42.5 Å². The Kier molecular flexibility index (Phi) is 13.0. The first kappa shape index (κ1) is 36.5. The average molecular weight is 645 g/mol. The van der Waals surface area contributed by atoms with Gasteiger partial charge in [-0.3, -0.25) is 14.4 Å². The minimum atomic E-state index is -3.65. The van der Waals surface area contributed by atoms with E-state index >= 15 is 0 Å². The van der Waals surface area contributed by atoms with Gasteiger partial charge in [-0.1, -0.05) is 63.2 Å². The second-order valence-electron chi connectivity index (χ2n) is 13.5. The van der Waals surface area contributed by atoms with Crippen molar-refractivity contribution < 1.29 is 37.5 Å². The highest BCUT2D eigenvalue weighted by atomic mass is 32.2. The van der Waals surface area contributed by atoms with E-state index in [9.17, 15) is 33.0 Å². The maximum absolute atomic E-state index is 13.0. The second kappa shape index (κ2) is 16.0. The molecule has 0 radical (unpaired) electrons. The topological polar surface area (TPSA) is 150 Å². The summed E-state index contributed by atoms with van der Waals surface area (Å²) in [6, 6.07) is 17.0. The van der Waals surface area contributed by atoms with Crippen molar-refractivity contribution in [2.45, 2.75) is 70.4 Å². The number of sulfonamides is 1. The molecule has 0 aliphatic carbocycles. The van der Waals surface area contributed by atoms with Crippen LogP contribution in [-0.4, -0.2) is 86.5 Å². The lowest BCUT2D eigenvalue weighted by molar-refractivity contribution is -0.928. The van der Waals surface area contributed by atoms with E-state index in [1.807, 2.05) is 6.07 Å². The molecule has 1 heterocycles. The SMILES string of the molecule is CC(CCc1ccc(S(=O)(=O)NCC2CC[N+](C)(Cc3ccccc3)CC2)cc1)C(=O)C(=O)CCNC(=O)C(O)C(C)(C)CO. The standard InChI is InChI=1S/C34H49N3O7S/c1-25(31(40)30(39)16-19-35-33(42)32(41)34(2,3)24-38)10-11-26-12-14-29(15-13-26)45(43,44)36-22-27-17-20-37(4,21-18-27)23-28-8-6-5-7-9-28/h5-9,12-15,25,27,32,36,38,41H,10-11,16-24H2,1-4H3/p+1. The maximum Gasteiger partial charge on any atom is 0.249 e. The third-order valence-electron chi connectivity index (χ3n) is 8.99. The van der Waals surface area contributed by atoms with Crippen molar-refractivity contribution in [1.82, 2.24) is 10.0 Å². The first-order valence-corrected chi connectivity index (χ1v) is 17.2. The van der Waals surface area contributed by atoms with E-state index in [2.05, 4.69) is 41.4 Å². The number of nitrogens with zero attached hydrogens (tertiary/aromatic N) is 1. The molecule has 2 unspecified atom stereocenters. The number of aryl methyl sites for hydroxylation is 1. The molecule has 1 aliphatic heterocycles. The molecule has 0 spiro atoms. The Bertz CT molecular complexity index is 1390. The average Bonchev–Trinajstić information content (AvgIpc) is 3.03. The lowest BCUT2D eigenvalue weighted by atomic mass is 9.87. The number of benzene rings is 2. The molecule has 2 atom stereocenters. The van der Waals surface area contributed by atoms with Crippen LogP contribution in [0.15, 0.2) is 59.5 Å². The van der Waals surface area contributed by atoms with Gasteiger partial charge in [-0.25, -0.2) is 13.1 Å². The highest BCUT2D eigenvalue weighted by Crippen LogP contribution is 2.25. The molecule has 0 saturated carbocycles. The minimum Gasteiger partial charge on any atom is -0.396 e. The molecule has 2 aromatic rings. The molecule has 0 bridgehead atoms. The van der Waals surface area contributed by atoms with Gasteiger partial charge in [0.1, 0.15) is 12.6 Å². The molecule has 1 aliphatic rings. The largest absolute Gasteiger partial charge is 0.396 e. The first-order chi connectivity index (χ1) is 21.2. The molecule has 3 rings (SSSR count). The smallest absolute Gasteiger partial charge is 0.249 e. The lowest BCUT2D eigenvalue weighted by Crippen LogP contribution is -2.50. The fourth-order valence-electron chi connectivity index (χ4n) is 5.53. The van der Waals surface area contributed by atoms with E-state index in [1.54, 1.807) is 31.2 Å². The molecular formula is C34H50N3O7S+. The number of likely N-dealkylation sites (tertiary alicyclic amines) is 1. The number of Topliss-reactive ketones (excluding diaryl/α,β-unsaturated/α-hetero) is 2. The number of hydrogen-bond acceptors (Lipinski definition) is 7. The van der Waals surface area contributed by atoms with Crippen LogP contribution in [0.2, 0.25) is 0 Å². The molecule has 45 heavy (non-hydrogen) atoms. The number of piperidine rings is 1. The fraction of sp³-hybridized carbons (Fsp3) is 0.559. The Hall–Kier alpha value is -2.96. The molecule has 1 fully saturated rings. The number of rotatable bonds is 17. The molecule has 2 aromatic carbocycles. The quantitative estimate of drug-likeness (QED) is 0.153. The number of amides is 1. The minimum absolute atomic E-state index is 0.0910. The zero-order valence-corrected chi connectivity index (χ0v) is 27.8. The highest BCUT2D eigenvalue weighted by molar-refractivity contribution is 7.89. The number of hydrogen-bond donors (Lipinski definition) is 4. The normalized spacial score (nSPS) is 20.3. The van der Waals surface area contributed by atoms with E-state index in [1.165, 1.54) is 19.4 Å². The number of carbonyl (C=O) groups is 3. The summed E-state index contributed by atoms with van der Waals surface area (Å²) in [4.78, 5) is 37.2. The van der Waals surface area contributed by atoms with Crippen molar-refractivity contribution in [2.24, 2.45) is 17.3 Å². The van der Waals surface area contributed by atoms with Gasteiger partial charge in [-0.2, -0.15) is 0 Å². The van der Waals surface area contributed by atoms with Gasteiger partial charge in [0, 0.05) is 49.2 Å². The Morgan fingerprint density at radius 2 is 1.62 bits per heavy atom. The summed E-state index contributed by atoms with van der Waals surface area (Å²) in [6.07, 6.45) is 1.20. The Morgan fingerprint density at radius 3 is 2.22 bits per heavy atom. The number of aliphatic hydroxyl groups excluding tert-OH is 2. The van der Waals surface area contributed by atoms with Crippen LogP contribution in [0.1, 0.15) is 57.6 Å². The van der Waals surface area contributed by atoms with Crippen LogP contribution in [0.3, 0.4) is 0 Å². The molecule has 248 valence electrons. The van der Waals surface area contributed by atoms with Crippen LogP contribution in [0.25, 0.3) is 0 Å². The molecule has 1 saturated heterocycles.